The summed E-state index contributed by atoms with van der Waals surface area (Å²) in [5, 5.41) is 11.2. The van der Waals surface area contributed by atoms with Crippen molar-refractivity contribution in [3.63, 3.8) is 0 Å². The third kappa shape index (κ3) is 3.95. The van der Waals surface area contributed by atoms with Gasteiger partial charge in [0.15, 0.2) is 11.5 Å². The SMILES string of the molecule is Cc1ccc(C(=O)CC2CC2)cc1NC(=O)c1cnn(-c2ccccc2)n1. The van der Waals surface area contributed by atoms with Crippen molar-refractivity contribution < 1.29 is 9.59 Å². The number of nitrogens with zero attached hydrogens (tertiary/aromatic N) is 3. The van der Waals surface area contributed by atoms with Crippen LogP contribution in [0.1, 0.15) is 45.7 Å². The maximum absolute atomic E-state index is 12.6. The van der Waals surface area contributed by atoms with Crippen LogP contribution in [0.25, 0.3) is 5.69 Å². The summed E-state index contributed by atoms with van der Waals surface area (Å²) < 4.78 is 0. The molecule has 1 heterocycles. The maximum Gasteiger partial charge on any atom is 0.277 e. The van der Waals surface area contributed by atoms with Crippen LogP contribution in [0.3, 0.4) is 0 Å². The molecule has 6 nitrogen and oxygen atoms in total. The van der Waals surface area contributed by atoms with Gasteiger partial charge in [0.2, 0.25) is 0 Å². The van der Waals surface area contributed by atoms with Crippen LogP contribution in [0.4, 0.5) is 5.69 Å². The predicted molar refractivity (Wildman–Crippen MR) is 102 cm³/mol. The van der Waals surface area contributed by atoms with Crippen LogP contribution >= 0.6 is 0 Å². The molecule has 0 unspecified atom stereocenters. The zero-order valence-electron chi connectivity index (χ0n) is 15.1. The summed E-state index contributed by atoms with van der Waals surface area (Å²) in [7, 11) is 0. The summed E-state index contributed by atoms with van der Waals surface area (Å²) in [6.07, 6.45) is 4.29. The Morgan fingerprint density at radius 1 is 1.15 bits per heavy atom. The molecule has 136 valence electrons. The molecular weight excluding hydrogens is 340 g/mol. The van der Waals surface area contributed by atoms with E-state index in [1.54, 1.807) is 6.07 Å². The van der Waals surface area contributed by atoms with Crippen molar-refractivity contribution in [3.05, 3.63) is 71.5 Å². The third-order valence-corrected chi connectivity index (χ3v) is 4.69. The fourth-order valence-electron chi connectivity index (χ4n) is 2.87. The van der Waals surface area contributed by atoms with Gasteiger partial charge >= 0.3 is 0 Å². The van der Waals surface area contributed by atoms with Crippen molar-refractivity contribution in [3.8, 4) is 5.69 Å². The Balaban J connectivity index is 1.51. The van der Waals surface area contributed by atoms with Gasteiger partial charge in [-0.05, 0) is 49.4 Å². The molecule has 0 spiro atoms. The minimum absolute atomic E-state index is 0.128. The first-order valence-corrected chi connectivity index (χ1v) is 9.03. The minimum Gasteiger partial charge on any atom is -0.320 e. The normalized spacial score (nSPS) is 13.4. The Labute approximate surface area is 157 Å². The van der Waals surface area contributed by atoms with Crippen LogP contribution in [-0.4, -0.2) is 26.7 Å². The van der Waals surface area contributed by atoms with Crippen molar-refractivity contribution >= 4 is 17.4 Å². The molecule has 1 aromatic heterocycles. The molecule has 1 aliphatic rings. The lowest BCUT2D eigenvalue weighted by Crippen LogP contribution is -2.14. The van der Waals surface area contributed by atoms with Gasteiger partial charge in [0, 0.05) is 17.7 Å². The van der Waals surface area contributed by atoms with Gasteiger partial charge in [-0.25, -0.2) is 0 Å². The second-order valence-electron chi connectivity index (χ2n) is 6.91. The van der Waals surface area contributed by atoms with Gasteiger partial charge in [-0.15, -0.1) is 5.10 Å². The Kier molecular flexibility index (Phi) is 4.54. The number of Topliss-reactive ketones (excluding diaryl/α,β-unsaturated/α-hetero) is 1. The Hall–Kier alpha value is -3.28. The molecule has 1 N–H and O–H groups in total. The van der Waals surface area contributed by atoms with Crippen molar-refractivity contribution in [1.29, 1.82) is 0 Å². The first kappa shape index (κ1) is 17.1. The van der Waals surface area contributed by atoms with Crippen LogP contribution in [0.5, 0.6) is 0 Å². The number of carbonyl (C=O) groups excluding carboxylic acids is 2. The van der Waals surface area contributed by atoms with E-state index in [2.05, 4.69) is 15.5 Å². The number of benzene rings is 2. The van der Waals surface area contributed by atoms with E-state index in [1.165, 1.54) is 11.0 Å². The summed E-state index contributed by atoms with van der Waals surface area (Å²) in [6.45, 7) is 1.89. The molecular formula is C21H20N4O2. The van der Waals surface area contributed by atoms with E-state index in [9.17, 15) is 9.59 Å². The van der Waals surface area contributed by atoms with Gasteiger partial charge in [0.25, 0.3) is 5.91 Å². The largest absolute Gasteiger partial charge is 0.320 e. The molecule has 0 atom stereocenters. The van der Waals surface area contributed by atoms with Crippen molar-refractivity contribution in [1.82, 2.24) is 15.0 Å². The molecule has 2 aromatic carbocycles. The smallest absolute Gasteiger partial charge is 0.277 e. The lowest BCUT2D eigenvalue weighted by molar-refractivity contribution is 0.0973. The Morgan fingerprint density at radius 3 is 2.67 bits per heavy atom. The quantitative estimate of drug-likeness (QED) is 0.678. The standard InChI is InChI=1S/C21H20N4O2/c1-14-7-10-16(20(26)11-15-8-9-15)12-18(14)23-21(27)19-13-22-25(24-19)17-5-3-2-4-6-17/h2-7,10,12-13,15H,8-9,11H2,1H3,(H,23,27). The third-order valence-electron chi connectivity index (χ3n) is 4.69. The number of aryl methyl sites for hydroxylation is 1. The van der Waals surface area contributed by atoms with E-state index >= 15 is 0 Å². The molecule has 1 amide bonds. The second kappa shape index (κ2) is 7.15. The average Bonchev–Trinajstić information content (AvgIpc) is 3.35. The topological polar surface area (TPSA) is 76.9 Å². The monoisotopic (exact) mass is 360 g/mol. The van der Waals surface area contributed by atoms with E-state index in [4.69, 9.17) is 0 Å². The average molecular weight is 360 g/mol. The Morgan fingerprint density at radius 2 is 1.93 bits per heavy atom. The number of rotatable bonds is 6. The highest BCUT2D eigenvalue weighted by molar-refractivity contribution is 6.04. The number of hydrogen-bond acceptors (Lipinski definition) is 4. The van der Waals surface area contributed by atoms with E-state index in [0.717, 1.165) is 24.1 Å². The van der Waals surface area contributed by atoms with Gasteiger partial charge < -0.3 is 5.32 Å². The summed E-state index contributed by atoms with van der Waals surface area (Å²) in [5.74, 6) is 0.306. The molecule has 1 aliphatic carbocycles. The lowest BCUT2D eigenvalue weighted by Gasteiger charge is -2.09. The second-order valence-corrected chi connectivity index (χ2v) is 6.91. The first-order chi connectivity index (χ1) is 13.1. The number of ketones is 1. The van der Waals surface area contributed by atoms with Crippen LogP contribution < -0.4 is 5.32 Å². The first-order valence-electron chi connectivity index (χ1n) is 9.03. The Bertz CT molecular complexity index is 990. The molecule has 1 fully saturated rings. The molecule has 3 aromatic rings. The molecule has 4 rings (SSSR count). The highest BCUT2D eigenvalue weighted by atomic mass is 16.2. The van der Waals surface area contributed by atoms with E-state index < -0.39 is 0 Å². The number of nitrogens with one attached hydrogen (secondary N) is 1. The number of anilines is 1. The highest BCUT2D eigenvalue weighted by Crippen LogP contribution is 2.33. The van der Waals surface area contributed by atoms with Crippen molar-refractivity contribution in [2.24, 2.45) is 5.92 Å². The van der Waals surface area contributed by atoms with Gasteiger partial charge in [-0.2, -0.15) is 9.90 Å². The highest BCUT2D eigenvalue weighted by Gasteiger charge is 2.25. The summed E-state index contributed by atoms with van der Waals surface area (Å²) in [5.41, 5.74) is 3.14. The predicted octanol–water partition coefficient (Wildman–Crippen LogP) is 3.81. The van der Waals surface area contributed by atoms with Crippen LogP contribution in [0, 0.1) is 12.8 Å². The number of para-hydroxylation sites is 1. The zero-order chi connectivity index (χ0) is 18.8. The van der Waals surface area contributed by atoms with Crippen LogP contribution in [-0.2, 0) is 0 Å². The fourth-order valence-corrected chi connectivity index (χ4v) is 2.87. The van der Waals surface area contributed by atoms with Crippen LogP contribution in [0.15, 0.2) is 54.7 Å². The summed E-state index contributed by atoms with van der Waals surface area (Å²) in [6, 6.07) is 14.8. The van der Waals surface area contributed by atoms with Gasteiger partial charge in [-0.3, -0.25) is 9.59 Å². The van der Waals surface area contributed by atoms with Gasteiger partial charge in [0.05, 0.1) is 11.9 Å². The molecule has 0 saturated heterocycles. The van der Waals surface area contributed by atoms with E-state index in [0.29, 0.717) is 23.6 Å². The van der Waals surface area contributed by atoms with Crippen molar-refractivity contribution in [2.75, 3.05) is 5.32 Å². The van der Waals surface area contributed by atoms with E-state index in [1.807, 2.05) is 49.4 Å². The van der Waals surface area contributed by atoms with Gasteiger partial charge in [0.1, 0.15) is 0 Å². The minimum atomic E-state index is -0.355. The number of aromatic nitrogens is 3. The zero-order valence-corrected chi connectivity index (χ0v) is 15.1. The fraction of sp³-hybridized carbons (Fsp3) is 0.238. The molecule has 6 heteroatoms. The van der Waals surface area contributed by atoms with E-state index in [-0.39, 0.29) is 17.4 Å². The molecule has 0 bridgehead atoms. The number of carbonyl (C=O) groups is 2. The van der Waals surface area contributed by atoms with Crippen molar-refractivity contribution in [2.45, 2.75) is 26.2 Å². The number of hydrogen-bond donors (Lipinski definition) is 1. The molecule has 1 saturated carbocycles. The van der Waals surface area contributed by atoms with Crippen LogP contribution in [0.2, 0.25) is 0 Å². The van der Waals surface area contributed by atoms with Gasteiger partial charge in [-0.1, -0.05) is 30.3 Å². The molecule has 27 heavy (non-hydrogen) atoms. The lowest BCUT2D eigenvalue weighted by atomic mass is 10.0. The molecule has 0 aliphatic heterocycles. The number of amides is 1. The summed E-state index contributed by atoms with van der Waals surface area (Å²) >= 11 is 0. The summed E-state index contributed by atoms with van der Waals surface area (Å²) in [4.78, 5) is 26.3. The maximum atomic E-state index is 12.6. The molecule has 0 radical (unpaired) electrons.